The third-order valence-corrected chi connectivity index (χ3v) is 4.43. The second kappa shape index (κ2) is 6.17. The van der Waals surface area contributed by atoms with Crippen LogP contribution in [0.3, 0.4) is 0 Å². The van der Waals surface area contributed by atoms with Crippen LogP contribution >= 0.6 is 11.8 Å². The molecule has 0 atom stereocenters. The maximum absolute atomic E-state index is 11.6. The Morgan fingerprint density at radius 1 is 1.21 bits per heavy atom. The maximum atomic E-state index is 11.6. The molecule has 1 amide bonds. The van der Waals surface area contributed by atoms with Crippen molar-refractivity contribution in [2.45, 2.75) is 0 Å². The van der Waals surface area contributed by atoms with Crippen molar-refractivity contribution in [2.24, 2.45) is 10.7 Å². The molecule has 3 rings (SSSR count). The van der Waals surface area contributed by atoms with Gasteiger partial charge in [-0.3, -0.25) is 9.52 Å². The molecule has 2 aromatic rings. The molecule has 0 radical (unpaired) electrons. The molecule has 1 aliphatic rings. The molecule has 0 saturated carbocycles. The summed E-state index contributed by atoms with van der Waals surface area (Å²) in [5.74, 6) is 0.716. The number of nitrogens with one attached hydrogen (secondary N) is 1. The van der Waals surface area contributed by atoms with Gasteiger partial charge in [0.15, 0.2) is 5.17 Å². The minimum atomic E-state index is -3.31. The number of hydrogen-bond donors (Lipinski definition) is 2. The number of sulfonamides is 1. The van der Waals surface area contributed by atoms with E-state index in [9.17, 15) is 13.2 Å². The summed E-state index contributed by atoms with van der Waals surface area (Å²) in [7, 11) is -3.31. The number of thioether (sulfide) groups is 1. The van der Waals surface area contributed by atoms with Gasteiger partial charge in [0.25, 0.3) is 5.91 Å². The lowest BCUT2D eigenvalue weighted by molar-refractivity contribution is -0.113. The number of amides is 1. The number of benzene rings is 1. The van der Waals surface area contributed by atoms with Gasteiger partial charge in [-0.1, -0.05) is 0 Å². The number of amidine groups is 1. The predicted molar refractivity (Wildman–Crippen MR) is 94.8 cm³/mol. The molecule has 1 aromatic heterocycles. The highest BCUT2D eigenvalue weighted by Crippen LogP contribution is 2.29. The summed E-state index contributed by atoms with van der Waals surface area (Å²) in [6.07, 6.45) is 2.67. The number of carbonyl (C=O) groups excluding carboxylic acids is 1. The number of hydrogen-bond acceptors (Lipinski definition) is 6. The number of nitrogens with zero attached hydrogens (tertiary/aromatic N) is 1. The van der Waals surface area contributed by atoms with Crippen LogP contribution in [0, 0.1) is 0 Å². The van der Waals surface area contributed by atoms with Crippen LogP contribution in [0.1, 0.15) is 5.76 Å². The first-order valence-corrected chi connectivity index (χ1v) is 9.47. The van der Waals surface area contributed by atoms with Gasteiger partial charge in [0.05, 0.1) is 11.2 Å². The molecule has 0 spiro atoms. The van der Waals surface area contributed by atoms with Crippen molar-refractivity contribution in [2.75, 3.05) is 11.0 Å². The molecule has 0 aliphatic carbocycles. The van der Waals surface area contributed by atoms with E-state index in [1.807, 2.05) is 0 Å². The van der Waals surface area contributed by atoms with Gasteiger partial charge in [0.1, 0.15) is 11.5 Å². The Morgan fingerprint density at radius 3 is 2.50 bits per heavy atom. The van der Waals surface area contributed by atoms with E-state index in [0.29, 0.717) is 22.1 Å². The number of carbonyl (C=O) groups is 1. The fourth-order valence-electron chi connectivity index (χ4n) is 2.06. The Morgan fingerprint density at radius 2 is 1.92 bits per heavy atom. The molecule has 124 valence electrons. The smallest absolute Gasteiger partial charge is 0.286 e. The van der Waals surface area contributed by atoms with Crippen molar-refractivity contribution in [3.63, 3.8) is 0 Å². The number of rotatable bonds is 4. The maximum Gasteiger partial charge on any atom is 0.286 e. The lowest BCUT2D eigenvalue weighted by Crippen LogP contribution is -2.09. The van der Waals surface area contributed by atoms with E-state index in [-0.39, 0.29) is 11.1 Å². The molecular formula is C15H13N3O4S2. The van der Waals surface area contributed by atoms with Crippen molar-refractivity contribution >= 4 is 44.6 Å². The number of anilines is 1. The summed E-state index contributed by atoms with van der Waals surface area (Å²) in [5, 5.41) is 0.215. The zero-order valence-corrected chi connectivity index (χ0v) is 14.1. The highest BCUT2D eigenvalue weighted by atomic mass is 32.2. The number of aliphatic imine (C=N–C) groups is 1. The Hall–Kier alpha value is -2.52. The topological polar surface area (TPSA) is 115 Å². The van der Waals surface area contributed by atoms with Gasteiger partial charge in [-0.05, 0) is 48.2 Å². The third-order valence-electron chi connectivity index (χ3n) is 3.01. The SMILES string of the molecule is CS(=O)(=O)Nc1ccc(-c2ccc(C=C3SC(N)=NC3=O)o2)cc1. The fourth-order valence-corrected chi connectivity index (χ4v) is 3.28. The van der Waals surface area contributed by atoms with E-state index in [0.717, 1.165) is 23.6 Å². The molecule has 0 saturated heterocycles. The average molecular weight is 363 g/mol. The van der Waals surface area contributed by atoms with Crippen molar-refractivity contribution in [1.82, 2.24) is 0 Å². The van der Waals surface area contributed by atoms with E-state index in [2.05, 4.69) is 9.71 Å². The van der Waals surface area contributed by atoms with Crippen LogP contribution in [0.15, 0.2) is 50.7 Å². The number of nitrogens with two attached hydrogens (primary N) is 1. The van der Waals surface area contributed by atoms with Crippen LogP contribution in [0.2, 0.25) is 0 Å². The first kappa shape index (κ1) is 16.3. The molecule has 0 bridgehead atoms. The predicted octanol–water partition coefficient (Wildman–Crippen LogP) is 2.25. The van der Waals surface area contributed by atoms with Crippen LogP contribution in [0.4, 0.5) is 5.69 Å². The van der Waals surface area contributed by atoms with E-state index in [1.165, 1.54) is 0 Å². The third kappa shape index (κ3) is 3.87. The van der Waals surface area contributed by atoms with E-state index in [4.69, 9.17) is 10.2 Å². The molecule has 9 heteroatoms. The molecule has 1 aromatic carbocycles. The summed E-state index contributed by atoms with van der Waals surface area (Å²) in [6.45, 7) is 0. The Kier molecular flexibility index (Phi) is 4.20. The fraction of sp³-hybridized carbons (Fsp3) is 0.0667. The molecule has 7 nitrogen and oxygen atoms in total. The van der Waals surface area contributed by atoms with Crippen molar-refractivity contribution in [3.8, 4) is 11.3 Å². The summed E-state index contributed by atoms with van der Waals surface area (Å²) < 4.78 is 30.5. The molecule has 0 unspecified atom stereocenters. The molecule has 0 fully saturated rings. The zero-order valence-electron chi connectivity index (χ0n) is 12.5. The standard InChI is InChI=1S/C15H13N3O4S2/c1-24(20,21)18-10-4-2-9(3-5-10)12-7-6-11(22-12)8-13-14(19)17-15(16)23-13/h2-8,18H,1H3,(H2,16,17,19). The van der Waals surface area contributed by atoms with Gasteiger partial charge < -0.3 is 10.2 Å². The lowest BCUT2D eigenvalue weighted by atomic mass is 10.1. The Bertz CT molecular complexity index is 957. The zero-order chi connectivity index (χ0) is 17.3. The monoisotopic (exact) mass is 363 g/mol. The number of furan rings is 1. The minimum Gasteiger partial charge on any atom is -0.457 e. The highest BCUT2D eigenvalue weighted by molar-refractivity contribution is 8.18. The quantitative estimate of drug-likeness (QED) is 0.805. The molecule has 2 heterocycles. The van der Waals surface area contributed by atoms with Gasteiger partial charge >= 0.3 is 0 Å². The molecular weight excluding hydrogens is 350 g/mol. The van der Waals surface area contributed by atoms with Gasteiger partial charge in [0, 0.05) is 17.3 Å². The van der Waals surface area contributed by atoms with E-state index in [1.54, 1.807) is 42.5 Å². The van der Waals surface area contributed by atoms with Gasteiger partial charge in [-0.2, -0.15) is 4.99 Å². The second-order valence-electron chi connectivity index (χ2n) is 5.02. The second-order valence-corrected chi connectivity index (χ2v) is 7.83. The van der Waals surface area contributed by atoms with Crippen molar-refractivity contribution < 1.29 is 17.6 Å². The van der Waals surface area contributed by atoms with Gasteiger partial charge in [-0.25, -0.2) is 8.42 Å². The van der Waals surface area contributed by atoms with Crippen LogP contribution in [0.25, 0.3) is 17.4 Å². The van der Waals surface area contributed by atoms with Crippen molar-refractivity contribution in [3.05, 3.63) is 47.1 Å². The van der Waals surface area contributed by atoms with Crippen LogP contribution in [-0.4, -0.2) is 25.7 Å². The average Bonchev–Trinajstić information content (AvgIpc) is 3.06. The van der Waals surface area contributed by atoms with Crippen LogP contribution < -0.4 is 10.5 Å². The van der Waals surface area contributed by atoms with Gasteiger partial charge in [-0.15, -0.1) is 0 Å². The highest BCUT2D eigenvalue weighted by Gasteiger charge is 2.20. The summed E-state index contributed by atoms with van der Waals surface area (Å²) >= 11 is 1.09. The van der Waals surface area contributed by atoms with Gasteiger partial charge in [0.2, 0.25) is 10.0 Å². The van der Waals surface area contributed by atoms with E-state index < -0.39 is 10.0 Å². The Balaban J connectivity index is 1.79. The summed E-state index contributed by atoms with van der Waals surface area (Å²) in [4.78, 5) is 15.6. The molecule has 24 heavy (non-hydrogen) atoms. The van der Waals surface area contributed by atoms with Crippen LogP contribution in [-0.2, 0) is 14.8 Å². The normalized spacial score (nSPS) is 16.5. The van der Waals surface area contributed by atoms with Crippen LogP contribution in [0.5, 0.6) is 0 Å². The molecule has 1 aliphatic heterocycles. The lowest BCUT2D eigenvalue weighted by Gasteiger charge is -2.04. The first-order valence-electron chi connectivity index (χ1n) is 6.76. The largest absolute Gasteiger partial charge is 0.457 e. The van der Waals surface area contributed by atoms with E-state index >= 15 is 0 Å². The minimum absolute atomic E-state index is 0.215. The summed E-state index contributed by atoms with van der Waals surface area (Å²) in [5.41, 5.74) is 6.74. The summed E-state index contributed by atoms with van der Waals surface area (Å²) in [6, 6.07) is 10.2. The first-order chi connectivity index (χ1) is 11.3. The molecule has 3 N–H and O–H groups in total. The van der Waals surface area contributed by atoms with Crippen molar-refractivity contribution in [1.29, 1.82) is 0 Å². The Labute approximate surface area is 142 Å².